The molecule has 3 aromatic rings. The molecule has 31 heavy (non-hydrogen) atoms. The van der Waals surface area contributed by atoms with Gasteiger partial charge < -0.3 is 5.73 Å². The zero-order chi connectivity index (χ0) is 22.8. The third-order valence-electron chi connectivity index (χ3n) is 4.51. The van der Waals surface area contributed by atoms with Crippen LogP contribution in [0, 0.1) is 17.5 Å². The number of hydrogen-bond donors (Lipinski definition) is 1. The second kappa shape index (κ2) is 9.09. The van der Waals surface area contributed by atoms with Crippen molar-refractivity contribution in [3.05, 3.63) is 100 Å². The molecule has 10 heteroatoms. The van der Waals surface area contributed by atoms with Crippen molar-refractivity contribution in [1.29, 1.82) is 0 Å². The summed E-state index contributed by atoms with van der Waals surface area (Å²) in [5.41, 5.74) is 4.96. The van der Waals surface area contributed by atoms with Gasteiger partial charge >= 0.3 is 0 Å². The molecule has 5 nitrogen and oxygen atoms in total. The number of benzene rings is 3. The highest BCUT2D eigenvalue weighted by Gasteiger charge is 2.37. The molecule has 2 N–H and O–H groups in total. The van der Waals surface area contributed by atoms with Gasteiger partial charge in [0.2, 0.25) is 15.9 Å². The summed E-state index contributed by atoms with van der Waals surface area (Å²) in [7, 11) is -4.51. The molecule has 1 unspecified atom stereocenters. The molecule has 3 rings (SSSR count). The molecule has 1 amide bonds. The zero-order valence-corrected chi connectivity index (χ0v) is 17.4. The lowest BCUT2D eigenvalue weighted by molar-refractivity contribution is -0.122. The Morgan fingerprint density at radius 3 is 2.03 bits per heavy atom. The fourth-order valence-electron chi connectivity index (χ4n) is 3.04. The van der Waals surface area contributed by atoms with Crippen LogP contribution in [0.3, 0.4) is 0 Å². The Hall–Kier alpha value is -2.88. The van der Waals surface area contributed by atoms with Crippen LogP contribution in [-0.2, 0) is 21.4 Å². The number of nitrogens with two attached hydrogens (primary N) is 1. The van der Waals surface area contributed by atoms with E-state index in [-0.39, 0.29) is 15.5 Å². The SMILES string of the molecule is NC(=O)C(c1ccccc1)N(Cc1c(F)cc(F)cc1F)S(=O)(=O)c1ccc(Cl)cc1. The van der Waals surface area contributed by atoms with Crippen LogP contribution in [0.5, 0.6) is 0 Å². The van der Waals surface area contributed by atoms with Crippen molar-refractivity contribution >= 4 is 27.5 Å². The molecule has 0 radical (unpaired) electrons. The van der Waals surface area contributed by atoms with Gasteiger partial charge in [-0.3, -0.25) is 4.79 Å². The van der Waals surface area contributed by atoms with Crippen molar-refractivity contribution in [1.82, 2.24) is 4.31 Å². The number of halogens is 4. The van der Waals surface area contributed by atoms with Gasteiger partial charge in [0, 0.05) is 29.3 Å². The Morgan fingerprint density at radius 2 is 1.52 bits per heavy atom. The van der Waals surface area contributed by atoms with E-state index in [4.69, 9.17) is 17.3 Å². The molecule has 1 atom stereocenters. The zero-order valence-electron chi connectivity index (χ0n) is 15.8. The van der Waals surface area contributed by atoms with Crippen LogP contribution in [0.25, 0.3) is 0 Å². The predicted octanol–water partition coefficient (Wildman–Crippen LogP) is 4.17. The molecule has 0 aliphatic heterocycles. The van der Waals surface area contributed by atoms with Crippen LogP contribution in [-0.4, -0.2) is 18.6 Å². The summed E-state index contributed by atoms with van der Waals surface area (Å²) in [4.78, 5) is 12.1. The van der Waals surface area contributed by atoms with Crippen molar-refractivity contribution in [2.24, 2.45) is 5.73 Å². The topological polar surface area (TPSA) is 80.5 Å². The van der Waals surface area contributed by atoms with Gasteiger partial charge in [-0.15, -0.1) is 0 Å². The van der Waals surface area contributed by atoms with Gasteiger partial charge in [0.05, 0.1) is 4.90 Å². The van der Waals surface area contributed by atoms with Crippen LogP contribution in [0.15, 0.2) is 71.6 Å². The molecule has 0 heterocycles. The first-order chi connectivity index (χ1) is 14.6. The summed E-state index contributed by atoms with van der Waals surface area (Å²) in [6.45, 7) is -0.911. The number of hydrogen-bond acceptors (Lipinski definition) is 3. The van der Waals surface area contributed by atoms with Crippen molar-refractivity contribution in [2.75, 3.05) is 0 Å². The largest absolute Gasteiger partial charge is 0.368 e. The average Bonchev–Trinajstić information content (AvgIpc) is 2.70. The Morgan fingerprint density at radius 1 is 0.968 bits per heavy atom. The second-order valence-electron chi connectivity index (χ2n) is 6.57. The third-order valence-corrected chi connectivity index (χ3v) is 6.59. The highest BCUT2D eigenvalue weighted by atomic mass is 35.5. The summed E-state index contributed by atoms with van der Waals surface area (Å²) in [6.07, 6.45) is 0. The quantitative estimate of drug-likeness (QED) is 0.565. The summed E-state index contributed by atoms with van der Waals surface area (Å²) in [6, 6.07) is 11.9. The summed E-state index contributed by atoms with van der Waals surface area (Å²) >= 11 is 5.82. The van der Waals surface area contributed by atoms with E-state index in [0.29, 0.717) is 16.4 Å². The van der Waals surface area contributed by atoms with E-state index in [0.717, 1.165) is 0 Å². The van der Waals surface area contributed by atoms with Gasteiger partial charge in [0.25, 0.3) is 0 Å². The number of rotatable bonds is 7. The minimum absolute atomic E-state index is 0.190. The molecule has 3 aromatic carbocycles. The van der Waals surface area contributed by atoms with Crippen LogP contribution in [0.1, 0.15) is 17.2 Å². The maximum Gasteiger partial charge on any atom is 0.244 e. The highest BCUT2D eigenvalue weighted by molar-refractivity contribution is 7.89. The molecular weight excluding hydrogens is 453 g/mol. The Balaban J connectivity index is 2.20. The average molecular weight is 469 g/mol. The van der Waals surface area contributed by atoms with Gasteiger partial charge in [-0.25, -0.2) is 21.6 Å². The smallest absolute Gasteiger partial charge is 0.244 e. The van der Waals surface area contributed by atoms with E-state index in [9.17, 15) is 26.4 Å². The van der Waals surface area contributed by atoms with Crippen LogP contribution in [0.2, 0.25) is 5.02 Å². The van der Waals surface area contributed by atoms with Crippen molar-refractivity contribution in [3.63, 3.8) is 0 Å². The minimum Gasteiger partial charge on any atom is -0.368 e. The summed E-state index contributed by atoms with van der Waals surface area (Å²) in [5, 5.41) is 0.260. The standard InChI is InChI=1S/C21H16ClF3N2O3S/c22-14-6-8-16(9-7-14)31(29,30)27(12-17-18(24)10-15(23)11-19(17)25)20(21(26)28)13-4-2-1-3-5-13/h1-11,20H,12H2,(H2,26,28). The van der Waals surface area contributed by atoms with Crippen molar-refractivity contribution in [3.8, 4) is 0 Å². The first-order valence-corrected chi connectivity index (χ1v) is 10.7. The molecule has 162 valence electrons. The van der Waals surface area contributed by atoms with Gasteiger partial charge in [-0.2, -0.15) is 4.31 Å². The fourth-order valence-corrected chi connectivity index (χ4v) is 4.72. The second-order valence-corrected chi connectivity index (χ2v) is 8.89. The molecule has 0 aromatic heterocycles. The van der Waals surface area contributed by atoms with Crippen LogP contribution in [0.4, 0.5) is 13.2 Å². The first kappa shape index (κ1) is 22.8. The molecule has 0 saturated carbocycles. The maximum atomic E-state index is 14.3. The van der Waals surface area contributed by atoms with Gasteiger partial charge in [-0.05, 0) is 29.8 Å². The van der Waals surface area contributed by atoms with E-state index in [2.05, 4.69) is 0 Å². The lowest BCUT2D eigenvalue weighted by Gasteiger charge is -2.29. The van der Waals surface area contributed by atoms with E-state index < -0.39 is 51.5 Å². The summed E-state index contributed by atoms with van der Waals surface area (Å²) in [5.74, 6) is -4.83. The molecule has 0 fully saturated rings. The van der Waals surface area contributed by atoms with Gasteiger partial charge in [0.15, 0.2) is 0 Å². The van der Waals surface area contributed by atoms with Crippen LogP contribution < -0.4 is 5.73 Å². The third kappa shape index (κ3) is 4.90. The van der Waals surface area contributed by atoms with E-state index in [1.54, 1.807) is 18.2 Å². The molecule has 0 aliphatic rings. The van der Waals surface area contributed by atoms with Gasteiger partial charge in [0.1, 0.15) is 23.5 Å². The molecule has 0 bridgehead atoms. The Labute approximate surface area is 181 Å². The molecule has 0 spiro atoms. The lowest BCUT2D eigenvalue weighted by Crippen LogP contribution is -2.41. The Bertz CT molecular complexity index is 1180. The molecular formula is C21H16ClF3N2O3S. The van der Waals surface area contributed by atoms with Crippen molar-refractivity contribution in [2.45, 2.75) is 17.5 Å². The maximum absolute atomic E-state index is 14.3. The number of primary amides is 1. The fraction of sp³-hybridized carbons (Fsp3) is 0.0952. The van der Waals surface area contributed by atoms with E-state index in [1.165, 1.54) is 36.4 Å². The number of carbonyl (C=O) groups is 1. The van der Waals surface area contributed by atoms with Crippen molar-refractivity contribution < 1.29 is 26.4 Å². The first-order valence-electron chi connectivity index (χ1n) is 8.86. The number of carbonyl (C=O) groups excluding carboxylic acids is 1. The lowest BCUT2D eigenvalue weighted by atomic mass is 10.1. The molecule has 0 saturated heterocycles. The van der Waals surface area contributed by atoms with Crippen LogP contribution >= 0.6 is 11.6 Å². The predicted molar refractivity (Wildman–Crippen MR) is 109 cm³/mol. The minimum atomic E-state index is -4.51. The normalized spacial score (nSPS) is 12.7. The molecule has 0 aliphatic carbocycles. The number of nitrogens with zero attached hydrogens (tertiary/aromatic N) is 1. The summed E-state index contributed by atoms with van der Waals surface area (Å²) < 4.78 is 69.4. The Kier molecular flexibility index (Phi) is 6.68. The number of sulfonamides is 1. The van der Waals surface area contributed by atoms with Gasteiger partial charge in [-0.1, -0.05) is 41.9 Å². The number of amides is 1. The van der Waals surface area contributed by atoms with E-state index in [1.807, 2.05) is 0 Å². The monoisotopic (exact) mass is 468 g/mol. The highest BCUT2D eigenvalue weighted by Crippen LogP contribution is 2.31. The van der Waals surface area contributed by atoms with E-state index >= 15 is 0 Å².